The van der Waals surface area contributed by atoms with Crippen LogP contribution in [0.25, 0.3) is 11.5 Å². The molecule has 0 aliphatic carbocycles. The standard InChI is InChI=1S/C19H16N4O3/c24-18(23-11-10-17(22-23)14-4-2-1-3-5-14)12-25-16-8-6-15(7-9-16)19-21-20-13-26-19/h1-9,13H,10-12H2. The summed E-state index contributed by atoms with van der Waals surface area (Å²) < 4.78 is 10.7. The van der Waals surface area contributed by atoms with Crippen LogP contribution >= 0.6 is 0 Å². The highest BCUT2D eigenvalue weighted by atomic mass is 16.5. The van der Waals surface area contributed by atoms with Gasteiger partial charge in [-0.3, -0.25) is 4.79 Å². The molecule has 0 spiro atoms. The molecule has 0 radical (unpaired) electrons. The number of rotatable bonds is 5. The maximum absolute atomic E-state index is 12.3. The van der Waals surface area contributed by atoms with Gasteiger partial charge in [-0.2, -0.15) is 5.10 Å². The van der Waals surface area contributed by atoms with Crippen molar-refractivity contribution < 1.29 is 13.9 Å². The normalized spacial score (nSPS) is 13.5. The van der Waals surface area contributed by atoms with E-state index in [2.05, 4.69) is 15.3 Å². The molecule has 1 aliphatic rings. The van der Waals surface area contributed by atoms with Crippen LogP contribution in [0.1, 0.15) is 12.0 Å². The molecule has 130 valence electrons. The second-order valence-corrected chi connectivity index (χ2v) is 5.74. The van der Waals surface area contributed by atoms with Gasteiger partial charge in [0, 0.05) is 12.0 Å². The SMILES string of the molecule is O=C(COc1ccc(-c2nnco2)cc1)N1CCC(c2ccccc2)=N1. The molecule has 0 N–H and O–H groups in total. The van der Waals surface area contributed by atoms with Gasteiger partial charge in [-0.1, -0.05) is 30.3 Å². The fourth-order valence-electron chi connectivity index (χ4n) is 2.68. The van der Waals surface area contributed by atoms with Gasteiger partial charge in [0.15, 0.2) is 6.61 Å². The van der Waals surface area contributed by atoms with Crippen LogP contribution in [0.5, 0.6) is 5.75 Å². The smallest absolute Gasteiger partial charge is 0.280 e. The first-order valence-electron chi connectivity index (χ1n) is 8.22. The molecule has 1 aliphatic heterocycles. The second-order valence-electron chi connectivity index (χ2n) is 5.74. The van der Waals surface area contributed by atoms with Crippen molar-refractivity contribution in [2.45, 2.75) is 6.42 Å². The molecule has 2 aromatic carbocycles. The number of amides is 1. The lowest BCUT2D eigenvalue weighted by Gasteiger charge is -2.12. The van der Waals surface area contributed by atoms with E-state index in [1.165, 1.54) is 11.4 Å². The summed E-state index contributed by atoms with van der Waals surface area (Å²) in [5, 5.41) is 13.4. The average Bonchev–Trinajstić information content (AvgIpc) is 3.39. The Bertz CT molecular complexity index is 906. The summed E-state index contributed by atoms with van der Waals surface area (Å²) in [6, 6.07) is 17.0. The van der Waals surface area contributed by atoms with Gasteiger partial charge in [0.2, 0.25) is 12.3 Å². The molecule has 1 amide bonds. The monoisotopic (exact) mass is 348 g/mol. The summed E-state index contributed by atoms with van der Waals surface area (Å²) in [7, 11) is 0. The van der Waals surface area contributed by atoms with E-state index in [9.17, 15) is 4.79 Å². The molecule has 0 unspecified atom stereocenters. The van der Waals surface area contributed by atoms with Gasteiger partial charge in [-0.25, -0.2) is 5.01 Å². The zero-order valence-electron chi connectivity index (χ0n) is 13.9. The third-order valence-corrected chi connectivity index (χ3v) is 4.02. The average molecular weight is 348 g/mol. The van der Waals surface area contributed by atoms with Gasteiger partial charge in [-0.05, 0) is 29.8 Å². The fourth-order valence-corrected chi connectivity index (χ4v) is 2.68. The lowest BCUT2D eigenvalue weighted by atomic mass is 10.1. The molecule has 1 aromatic heterocycles. The fraction of sp³-hybridized carbons (Fsp3) is 0.158. The number of ether oxygens (including phenoxy) is 1. The Kier molecular flexibility index (Phi) is 4.42. The predicted octanol–water partition coefficient (Wildman–Crippen LogP) is 2.75. The molecular formula is C19H16N4O3. The number of aromatic nitrogens is 2. The third-order valence-electron chi connectivity index (χ3n) is 4.02. The van der Waals surface area contributed by atoms with Gasteiger partial charge in [0.05, 0.1) is 12.3 Å². The van der Waals surface area contributed by atoms with Crippen LogP contribution in [0.2, 0.25) is 0 Å². The molecule has 26 heavy (non-hydrogen) atoms. The quantitative estimate of drug-likeness (QED) is 0.708. The Hall–Kier alpha value is -3.48. The van der Waals surface area contributed by atoms with Crippen LogP contribution in [0.3, 0.4) is 0 Å². The summed E-state index contributed by atoms with van der Waals surface area (Å²) in [5.74, 6) is 0.859. The van der Waals surface area contributed by atoms with Crippen molar-refractivity contribution in [3.63, 3.8) is 0 Å². The highest BCUT2D eigenvalue weighted by Crippen LogP contribution is 2.20. The molecular weight excluding hydrogens is 332 g/mol. The maximum atomic E-state index is 12.3. The Morgan fingerprint density at radius 1 is 1.08 bits per heavy atom. The molecule has 7 heteroatoms. The molecule has 0 saturated heterocycles. The van der Waals surface area contributed by atoms with Crippen molar-refractivity contribution in [2.24, 2.45) is 5.10 Å². The summed E-state index contributed by atoms with van der Waals surface area (Å²) in [4.78, 5) is 12.3. The van der Waals surface area contributed by atoms with Crippen molar-refractivity contribution in [1.82, 2.24) is 15.2 Å². The lowest BCUT2D eigenvalue weighted by Crippen LogP contribution is -2.28. The van der Waals surface area contributed by atoms with Crippen molar-refractivity contribution in [3.05, 3.63) is 66.6 Å². The zero-order valence-corrected chi connectivity index (χ0v) is 13.9. The summed E-state index contributed by atoms with van der Waals surface area (Å²) in [6.07, 6.45) is 2.02. The largest absolute Gasteiger partial charge is 0.484 e. The maximum Gasteiger partial charge on any atom is 0.280 e. The number of hydrazone groups is 1. The van der Waals surface area contributed by atoms with Crippen LogP contribution in [-0.2, 0) is 4.79 Å². The Morgan fingerprint density at radius 2 is 1.88 bits per heavy atom. The van der Waals surface area contributed by atoms with E-state index in [0.29, 0.717) is 18.2 Å². The van der Waals surface area contributed by atoms with E-state index in [4.69, 9.17) is 9.15 Å². The second kappa shape index (κ2) is 7.18. The van der Waals surface area contributed by atoms with Crippen LogP contribution in [0, 0.1) is 0 Å². The third kappa shape index (κ3) is 3.46. The van der Waals surface area contributed by atoms with E-state index >= 15 is 0 Å². The van der Waals surface area contributed by atoms with Crippen LogP contribution in [-0.4, -0.2) is 40.0 Å². The number of hydrogen-bond acceptors (Lipinski definition) is 6. The first-order chi connectivity index (χ1) is 12.8. The van der Waals surface area contributed by atoms with Crippen molar-refractivity contribution in [1.29, 1.82) is 0 Å². The first kappa shape index (κ1) is 16.0. The predicted molar refractivity (Wildman–Crippen MR) is 94.5 cm³/mol. The van der Waals surface area contributed by atoms with Gasteiger partial charge >= 0.3 is 0 Å². The zero-order chi connectivity index (χ0) is 17.8. The Labute approximate surface area is 149 Å². The molecule has 0 atom stereocenters. The summed E-state index contributed by atoms with van der Waals surface area (Å²) in [5.41, 5.74) is 2.75. The van der Waals surface area contributed by atoms with E-state index in [0.717, 1.165) is 23.3 Å². The number of hydrogen-bond donors (Lipinski definition) is 0. The number of benzene rings is 2. The first-order valence-corrected chi connectivity index (χ1v) is 8.22. The summed E-state index contributed by atoms with van der Waals surface area (Å²) >= 11 is 0. The minimum absolute atomic E-state index is 0.0640. The molecule has 0 fully saturated rings. The minimum atomic E-state index is -0.170. The van der Waals surface area contributed by atoms with Crippen molar-refractivity contribution in [2.75, 3.05) is 13.2 Å². The van der Waals surface area contributed by atoms with E-state index in [1.807, 2.05) is 30.3 Å². The van der Waals surface area contributed by atoms with Gasteiger partial charge in [-0.15, -0.1) is 10.2 Å². The summed E-state index contributed by atoms with van der Waals surface area (Å²) in [6.45, 7) is 0.508. The van der Waals surface area contributed by atoms with Gasteiger partial charge < -0.3 is 9.15 Å². The minimum Gasteiger partial charge on any atom is -0.484 e. The number of carbonyl (C=O) groups is 1. The van der Waals surface area contributed by atoms with Gasteiger partial charge in [0.1, 0.15) is 5.75 Å². The van der Waals surface area contributed by atoms with Gasteiger partial charge in [0.25, 0.3) is 5.91 Å². The lowest BCUT2D eigenvalue weighted by molar-refractivity contribution is -0.132. The van der Waals surface area contributed by atoms with Crippen molar-refractivity contribution in [3.8, 4) is 17.2 Å². The van der Waals surface area contributed by atoms with E-state index in [1.54, 1.807) is 24.3 Å². The number of carbonyl (C=O) groups excluding carboxylic acids is 1. The van der Waals surface area contributed by atoms with Crippen LogP contribution in [0.4, 0.5) is 0 Å². The molecule has 0 bridgehead atoms. The highest BCUT2D eigenvalue weighted by molar-refractivity contribution is 6.02. The highest BCUT2D eigenvalue weighted by Gasteiger charge is 2.21. The van der Waals surface area contributed by atoms with E-state index in [-0.39, 0.29) is 12.5 Å². The Morgan fingerprint density at radius 3 is 2.62 bits per heavy atom. The number of nitrogens with zero attached hydrogens (tertiary/aromatic N) is 4. The molecule has 4 rings (SSSR count). The topological polar surface area (TPSA) is 80.8 Å². The van der Waals surface area contributed by atoms with Crippen molar-refractivity contribution >= 4 is 11.6 Å². The Balaban J connectivity index is 1.35. The molecule has 0 saturated carbocycles. The van der Waals surface area contributed by atoms with E-state index < -0.39 is 0 Å². The molecule has 3 aromatic rings. The van der Waals surface area contributed by atoms with Crippen LogP contribution in [0.15, 0.2) is 70.5 Å². The molecule has 7 nitrogen and oxygen atoms in total. The van der Waals surface area contributed by atoms with Crippen LogP contribution < -0.4 is 4.74 Å². The molecule has 2 heterocycles.